The molecule has 1 heterocycles. The fourth-order valence-corrected chi connectivity index (χ4v) is 2.60. The fourth-order valence-electron chi connectivity index (χ4n) is 2.60. The van der Waals surface area contributed by atoms with E-state index >= 15 is 0 Å². The number of carbonyl (C=O) groups is 1. The first-order valence-electron chi connectivity index (χ1n) is 8.51. The Hall–Kier alpha value is -3.21. The number of rotatable bonds is 7. The minimum Gasteiger partial charge on any atom is -0.352 e. The number of aryl methyl sites for hydroxylation is 1. The molecule has 0 saturated heterocycles. The summed E-state index contributed by atoms with van der Waals surface area (Å²) in [5.41, 5.74) is 2.35. The number of aromatic nitrogens is 1. The fraction of sp³-hybridized carbons (Fsp3) is 0.143. The van der Waals surface area contributed by atoms with Crippen LogP contribution in [-0.2, 0) is 6.42 Å². The molecule has 2 aromatic carbocycles. The number of pyridine rings is 1. The second-order valence-corrected chi connectivity index (χ2v) is 5.91. The number of benzene rings is 2. The predicted octanol–water partition coefficient (Wildman–Crippen LogP) is 4.33. The first kappa shape index (κ1) is 17.6. The van der Waals surface area contributed by atoms with Gasteiger partial charge in [-0.25, -0.2) is 9.37 Å². The van der Waals surface area contributed by atoms with E-state index < -0.39 is 0 Å². The van der Waals surface area contributed by atoms with Gasteiger partial charge in [0.15, 0.2) is 0 Å². The second-order valence-electron chi connectivity index (χ2n) is 5.91. The molecule has 132 valence electrons. The van der Waals surface area contributed by atoms with E-state index in [0.29, 0.717) is 23.6 Å². The summed E-state index contributed by atoms with van der Waals surface area (Å²) in [4.78, 5) is 16.5. The van der Waals surface area contributed by atoms with E-state index in [9.17, 15) is 9.18 Å². The summed E-state index contributed by atoms with van der Waals surface area (Å²) >= 11 is 0. The highest BCUT2D eigenvalue weighted by molar-refractivity contribution is 5.94. The Balaban J connectivity index is 1.53. The Bertz CT molecular complexity index is 868. The zero-order valence-electron chi connectivity index (χ0n) is 14.3. The minimum atomic E-state index is -0.331. The molecule has 0 atom stereocenters. The SMILES string of the molecule is O=C(NCCCc1ccccc1)c1ccnc(Nc2cccc(F)c2)c1. The smallest absolute Gasteiger partial charge is 0.251 e. The van der Waals surface area contributed by atoms with Crippen molar-refractivity contribution in [2.24, 2.45) is 0 Å². The van der Waals surface area contributed by atoms with Gasteiger partial charge in [-0.2, -0.15) is 0 Å². The molecule has 0 aliphatic carbocycles. The van der Waals surface area contributed by atoms with Gasteiger partial charge in [-0.05, 0) is 48.7 Å². The van der Waals surface area contributed by atoms with Crippen LogP contribution in [0.3, 0.4) is 0 Å². The number of hydrogen-bond donors (Lipinski definition) is 2. The zero-order chi connectivity index (χ0) is 18.2. The first-order valence-corrected chi connectivity index (χ1v) is 8.51. The molecule has 2 N–H and O–H groups in total. The van der Waals surface area contributed by atoms with Crippen molar-refractivity contribution in [2.45, 2.75) is 12.8 Å². The van der Waals surface area contributed by atoms with Crippen molar-refractivity contribution in [3.05, 3.63) is 89.9 Å². The van der Waals surface area contributed by atoms with Crippen molar-refractivity contribution in [3.63, 3.8) is 0 Å². The van der Waals surface area contributed by atoms with Crippen molar-refractivity contribution in [1.82, 2.24) is 10.3 Å². The number of carbonyl (C=O) groups excluding carboxylic acids is 1. The monoisotopic (exact) mass is 349 g/mol. The lowest BCUT2D eigenvalue weighted by molar-refractivity contribution is 0.0953. The van der Waals surface area contributed by atoms with Gasteiger partial charge in [-0.1, -0.05) is 36.4 Å². The van der Waals surface area contributed by atoms with Crippen LogP contribution in [0.5, 0.6) is 0 Å². The summed E-state index contributed by atoms with van der Waals surface area (Å²) in [5, 5.41) is 5.91. The topological polar surface area (TPSA) is 54.0 Å². The molecule has 4 nitrogen and oxygen atoms in total. The van der Waals surface area contributed by atoms with Gasteiger partial charge in [-0.15, -0.1) is 0 Å². The molecular formula is C21H20FN3O. The summed E-state index contributed by atoms with van der Waals surface area (Å²) in [6.07, 6.45) is 3.35. The maximum absolute atomic E-state index is 13.2. The van der Waals surface area contributed by atoms with Gasteiger partial charge in [-0.3, -0.25) is 4.79 Å². The second kappa shape index (κ2) is 8.76. The molecule has 0 spiro atoms. The standard InChI is InChI=1S/C21H20FN3O/c22-18-9-4-10-19(15-18)25-20-14-17(11-13-23-20)21(26)24-12-5-8-16-6-2-1-3-7-16/h1-4,6-7,9-11,13-15H,5,8,12H2,(H,23,25)(H,24,26). The Morgan fingerprint density at radius 2 is 1.85 bits per heavy atom. The van der Waals surface area contributed by atoms with Crippen molar-refractivity contribution in [3.8, 4) is 0 Å². The number of nitrogens with one attached hydrogen (secondary N) is 2. The van der Waals surface area contributed by atoms with E-state index in [2.05, 4.69) is 27.8 Å². The molecule has 0 saturated carbocycles. The lowest BCUT2D eigenvalue weighted by Gasteiger charge is -2.08. The van der Waals surface area contributed by atoms with Crippen LogP contribution in [0.4, 0.5) is 15.9 Å². The Labute approximate surface area is 152 Å². The Morgan fingerprint density at radius 1 is 1.00 bits per heavy atom. The molecule has 0 radical (unpaired) electrons. The average Bonchev–Trinajstić information content (AvgIpc) is 2.66. The first-order chi connectivity index (χ1) is 12.7. The molecule has 1 amide bonds. The molecular weight excluding hydrogens is 329 g/mol. The van der Waals surface area contributed by atoms with E-state index in [4.69, 9.17) is 0 Å². The van der Waals surface area contributed by atoms with Gasteiger partial charge in [0.2, 0.25) is 0 Å². The molecule has 0 fully saturated rings. The molecule has 0 unspecified atom stereocenters. The third-order valence-corrected chi connectivity index (χ3v) is 3.89. The Kier molecular flexibility index (Phi) is 5.93. The molecule has 3 rings (SSSR count). The largest absolute Gasteiger partial charge is 0.352 e. The normalized spacial score (nSPS) is 10.3. The molecule has 3 aromatic rings. The van der Waals surface area contributed by atoms with Crippen LogP contribution in [0.1, 0.15) is 22.3 Å². The number of hydrogen-bond acceptors (Lipinski definition) is 3. The number of halogens is 1. The molecule has 5 heteroatoms. The number of nitrogens with zero attached hydrogens (tertiary/aromatic N) is 1. The number of anilines is 2. The molecule has 0 bridgehead atoms. The van der Waals surface area contributed by atoms with Gasteiger partial charge in [0.1, 0.15) is 11.6 Å². The third kappa shape index (κ3) is 5.14. The maximum atomic E-state index is 13.2. The van der Waals surface area contributed by atoms with Crippen LogP contribution in [-0.4, -0.2) is 17.4 Å². The van der Waals surface area contributed by atoms with E-state index in [1.54, 1.807) is 30.5 Å². The van der Waals surface area contributed by atoms with Crippen molar-refractivity contribution in [1.29, 1.82) is 0 Å². The highest BCUT2D eigenvalue weighted by atomic mass is 19.1. The van der Waals surface area contributed by atoms with E-state index in [1.807, 2.05) is 18.2 Å². The van der Waals surface area contributed by atoms with Crippen LogP contribution in [0.15, 0.2) is 72.9 Å². The van der Waals surface area contributed by atoms with Crippen LogP contribution in [0, 0.1) is 5.82 Å². The predicted molar refractivity (Wildman–Crippen MR) is 101 cm³/mol. The molecule has 0 aliphatic heterocycles. The summed E-state index contributed by atoms with van der Waals surface area (Å²) in [7, 11) is 0. The van der Waals surface area contributed by atoms with Crippen LogP contribution in [0.25, 0.3) is 0 Å². The van der Waals surface area contributed by atoms with Crippen LogP contribution < -0.4 is 10.6 Å². The quantitative estimate of drug-likeness (QED) is 0.624. The van der Waals surface area contributed by atoms with Crippen LogP contribution >= 0.6 is 0 Å². The van der Waals surface area contributed by atoms with Crippen molar-refractivity contribution < 1.29 is 9.18 Å². The van der Waals surface area contributed by atoms with Gasteiger partial charge in [0, 0.05) is 24.0 Å². The summed E-state index contributed by atoms with van der Waals surface area (Å²) in [6, 6.07) is 19.6. The highest BCUT2D eigenvalue weighted by Gasteiger charge is 2.07. The van der Waals surface area contributed by atoms with Gasteiger partial charge in [0.25, 0.3) is 5.91 Å². The lowest BCUT2D eigenvalue weighted by Crippen LogP contribution is -2.24. The van der Waals surface area contributed by atoms with E-state index in [0.717, 1.165) is 12.8 Å². The Morgan fingerprint density at radius 3 is 2.65 bits per heavy atom. The van der Waals surface area contributed by atoms with Crippen LogP contribution in [0.2, 0.25) is 0 Å². The third-order valence-electron chi connectivity index (χ3n) is 3.89. The van der Waals surface area contributed by atoms with Gasteiger partial charge >= 0.3 is 0 Å². The van der Waals surface area contributed by atoms with E-state index in [1.165, 1.54) is 17.7 Å². The summed E-state index contributed by atoms with van der Waals surface area (Å²) in [5.74, 6) is 0.0117. The van der Waals surface area contributed by atoms with Crippen molar-refractivity contribution >= 4 is 17.4 Å². The number of amides is 1. The molecule has 0 aliphatic rings. The van der Waals surface area contributed by atoms with Gasteiger partial charge < -0.3 is 10.6 Å². The molecule has 26 heavy (non-hydrogen) atoms. The lowest BCUT2D eigenvalue weighted by atomic mass is 10.1. The maximum Gasteiger partial charge on any atom is 0.251 e. The zero-order valence-corrected chi connectivity index (χ0v) is 14.3. The minimum absolute atomic E-state index is 0.150. The summed E-state index contributed by atoms with van der Waals surface area (Å²) < 4.78 is 13.2. The van der Waals surface area contributed by atoms with Gasteiger partial charge in [0.05, 0.1) is 0 Å². The average molecular weight is 349 g/mol. The molecule has 1 aromatic heterocycles. The highest BCUT2D eigenvalue weighted by Crippen LogP contribution is 2.16. The summed E-state index contributed by atoms with van der Waals surface area (Å²) in [6.45, 7) is 0.600. The van der Waals surface area contributed by atoms with Crippen molar-refractivity contribution in [2.75, 3.05) is 11.9 Å². The van der Waals surface area contributed by atoms with E-state index in [-0.39, 0.29) is 11.7 Å².